The van der Waals surface area contributed by atoms with E-state index >= 15 is 0 Å². The fraction of sp³-hybridized carbons (Fsp3) is 0.941. The number of nitrogens with zero attached hydrogens (tertiary/aromatic N) is 1. The molecule has 1 N–H and O–H groups in total. The number of amides is 2. The lowest BCUT2D eigenvalue weighted by Gasteiger charge is -2.26. The molecule has 1 fully saturated rings. The van der Waals surface area contributed by atoms with Gasteiger partial charge in [0.25, 0.3) is 0 Å². The van der Waals surface area contributed by atoms with Gasteiger partial charge in [-0.25, -0.2) is 4.79 Å². The van der Waals surface area contributed by atoms with Gasteiger partial charge in [-0.3, -0.25) is 0 Å². The van der Waals surface area contributed by atoms with Gasteiger partial charge in [0.15, 0.2) is 0 Å². The summed E-state index contributed by atoms with van der Waals surface area (Å²) in [4.78, 5) is 13.7. The second-order valence-corrected chi connectivity index (χ2v) is 6.14. The second kappa shape index (κ2) is 12.7. The van der Waals surface area contributed by atoms with Crippen LogP contribution in [0.2, 0.25) is 0 Å². The molecule has 1 aliphatic rings. The Hall–Kier alpha value is -0.810. The molecule has 0 atom stereocenters. The highest BCUT2D eigenvalue weighted by Gasteiger charge is 2.17. The maximum Gasteiger partial charge on any atom is 0.317 e. The Labute approximate surface area is 135 Å². The topological polar surface area (TPSA) is 50.8 Å². The monoisotopic (exact) mass is 314 g/mol. The third-order valence-electron chi connectivity index (χ3n) is 4.11. The molecule has 130 valence electrons. The molecule has 0 saturated heterocycles. The standard InChI is InChI=1S/C17H34N2O3/c1-3-4-8-12-21-14-15-22-13-11-19(2)17(20)18-16-9-6-5-7-10-16/h16H,3-15H2,1-2H3,(H,18,20). The summed E-state index contributed by atoms with van der Waals surface area (Å²) < 4.78 is 11.0. The number of carbonyl (C=O) groups excluding carboxylic acids is 1. The Morgan fingerprint density at radius 1 is 1.05 bits per heavy atom. The Morgan fingerprint density at radius 2 is 1.73 bits per heavy atom. The van der Waals surface area contributed by atoms with Crippen molar-refractivity contribution in [2.75, 3.05) is 40.0 Å². The van der Waals surface area contributed by atoms with Crippen LogP contribution in [-0.4, -0.2) is 57.0 Å². The predicted molar refractivity (Wildman–Crippen MR) is 89.2 cm³/mol. The highest BCUT2D eigenvalue weighted by atomic mass is 16.5. The summed E-state index contributed by atoms with van der Waals surface area (Å²) in [7, 11) is 1.82. The summed E-state index contributed by atoms with van der Waals surface area (Å²) >= 11 is 0. The molecule has 0 aliphatic heterocycles. The normalized spacial score (nSPS) is 15.7. The first-order valence-corrected chi connectivity index (χ1v) is 8.91. The van der Waals surface area contributed by atoms with Crippen molar-refractivity contribution >= 4 is 6.03 Å². The van der Waals surface area contributed by atoms with E-state index in [4.69, 9.17) is 9.47 Å². The molecule has 1 saturated carbocycles. The number of nitrogens with one attached hydrogen (secondary N) is 1. The zero-order valence-corrected chi connectivity index (χ0v) is 14.4. The van der Waals surface area contributed by atoms with Crippen LogP contribution < -0.4 is 5.32 Å². The molecule has 1 rings (SSSR count). The van der Waals surface area contributed by atoms with Gasteiger partial charge < -0.3 is 19.7 Å². The molecule has 0 aromatic rings. The molecular weight excluding hydrogens is 280 g/mol. The van der Waals surface area contributed by atoms with Gasteiger partial charge in [0, 0.05) is 26.2 Å². The summed E-state index contributed by atoms with van der Waals surface area (Å²) in [5.41, 5.74) is 0. The van der Waals surface area contributed by atoms with Gasteiger partial charge in [-0.15, -0.1) is 0 Å². The van der Waals surface area contributed by atoms with E-state index in [0.29, 0.717) is 32.4 Å². The Kier molecular flexibility index (Phi) is 11.1. The lowest BCUT2D eigenvalue weighted by molar-refractivity contribution is 0.0419. The van der Waals surface area contributed by atoms with Crippen LogP contribution in [0.25, 0.3) is 0 Å². The molecule has 2 amide bonds. The SMILES string of the molecule is CCCCCOCCOCCN(C)C(=O)NC1CCCCC1. The van der Waals surface area contributed by atoms with E-state index in [1.165, 1.54) is 32.1 Å². The summed E-state index contributed by atoms with van der Waals surface area (Å²) in [5, 5.41) is 3.11. The summed E-state index contributed by atoms with van der Waals surface area (Å²) in [5.74, 6) is 0. The van der Waals surface area contributed by atoms with E-state index in [9.17, 15) is 4.79 Å². The molecule has 1 aliphatic carbocycles. The summed E-state index contributed by atoms with van der Waals surface area (Å²) in [6.45, 7) is 5.43. The molecule has 5 nitrogen and oxygen atoms in total. The van der Waals surface area contributed by atoms with Crippen molar-refractivity contribution < 1.29 is 14.3 Å². The highest BCUT2D eigenvalue weighted by molar-refractivity contribution is 5.74. The molecular formula is C17H34N2O3. The number of ether oxygens (including phenoxy) is 2. The molecule has 5 heteroatoms. The Bertz CT molecular complexity index is 281. The lowest BCUT2D eigenvalue weighted by Crippen LogP contribution is -2.44. The average Bonchev–Trinajstić information content (AvgIpc) is 2.54. The average molecular weight is 314 g/mol. The van der Waals surface area contributed by atoms with Gasteiger partial charge in [0.1, 0.15) is 0 Å². The minimum Gasteiger partial charge on any atom is -0.379 e. The minimum atomic E-state index is 0.0197. The third-order valence-corrected chi connectivity index (χ3v) is 4.11. The van der Waals surface area contributed by atoms with Crippen LogP contribution in [0.3, 0.4) is 0 Å². The fourth-order valence-corrected chi connectivity index (χ4v) is 2.61. The van der Waals surface area contributed by atoms with Gasteiger partial charge in [-0.1, -0.05) is 39.0 Å². The quantitative estimate of drug-likeness (QED) is 0.596. The van der Waals surface area contributed by atoms with Crippen molar-refractivity contribution in [2.45, 2.75) is 64.3 Å². The van der Waals surface area contributed by atoms with Gasteiger partial charge in [-0.05, 0) is 19.3 Å². The molecule has 0 heterocycles. The number of carbonyl (C=O) groups is 1. The van der Waals surface area contributed by atoms with Crippen LogP contribution in [0.15, 0.2) is 0 Å². The van der Waals surface area contributed by atoms with E-state index in [2.05, 4.69) is 12.2 Å². The van der Waals surface area contributed by atoms with Crippen LogP contribution in [0.5, 0.6) is 0 Å². The largest absolute Gasteiger partial charge is 0.379 e. The summed E-state index contributed by atoms with van der Waals surface area (Å²) in [6, 6.07) is 0.382. The van der Waals surface area contributed by atoms with Crippen molar-refractivity contribution in [3.63, 3.8) is 0 Å². The van der Waals surface area contributed by atoms with Gasteiger partial charge >= 0.3 is 6.03 Å². The molecule has 0 aromatic heterocycles. The number of likely N-dealkylation sites (N-methyl/N-ethyl adjacent to an activating group) is 1. The summed E-state index contributed by atoms with van der Waals surface area (Å²) in [6.07, 6.45) is 9.57. The zero-order valence-electron chi connectivity index (χ0n) is 14.4. The molecule has 0 aromatic carbocycles. The van der Waals surface area contributed by atoms with E-state index in [1.807, 2.05) is 7.05 Å². The molecule has 0 unspecified atom stereocenters. The van der Waals surface area contributed by atoms with Crippen molar-refractivity contribution in [1.29, 1.82) is 0 Å². The molecule has 0 bridgehead atoms. The van der Waals surface area contributed by atoms with Gasteiger partial charge in [0.05, 0.1) is 19.8 Å². The third kappa shape index (κ3) is 9.26. The van der Waals surface area contributed by atoms with Crippen molar-refractivity contribution in [1.82, 2.24) is 10.2 Å². The Morgan fingerprint density at radius 3 is 2.41 bits per heavy atom. The number of unbranched alkanes of at least 4 members (excludes halogenated alkanes) is 2. The Balaban J connectivity index is 1.93. The van der Waals surface area contributed by atoms with E-state index in [0.717, 1.165) is 25.9 Å². The molecule has 0 radical (unpaired) electrons. The lowest BCUT2D eigenvalue weighted by atomic mass is 9.96. The van der Waals surface area contributed by atoms with E-state index in [1.54, 1.807) is 4.90 Å². The maximum absolute atomic E-state index is 12.0. The smallest absolute Gasteiger partial charge is 0.317 e. The van der Waals surface area contributed by atoms with Crippen molar-refractivity contribution in [2.24, 2.45) is 0 Å². The zero-order chi connectivity index (χ0) is 16.0. The number of rotatable bonds is 11. The van der Waals surface area contributed by atoms with Crippen LogP contribution in [0.1, 0.15) is 58.3 Å². The van der Waals surface area contributed by atoms with Crippen LogP contribution in [-0.2, 0) is 9.47 Å². The minimum absolute atomic E-state index is 0.0197. The van der Waals surface area contributed by atoms with E-state index in [-0.39, 0.29) is 6.03 Å². The van der Waals surface area contributed by atoms with Crippen molar-refractivity contribution in [3.05, 3.63) is 0 Å². The second-order valence-electron chi connectivity index (χ2n) is 6.14. The predicted octanol–water partition coefficient (Wildman–Crippen LogP) is 3.18. The van der Waals surface area contributed by atoms with Gasteiger partial charge in [-0.2, -0.15) is 0 Å². The van der Waals surface area contributed by atoms with E-state index < -0.39 is 0 Å². The molecule has 22 heavy (non-hydrogen) atoms. The maximum atomic E-state index is 12.0. The number of urea groups is 1. The number of hydrogen-bond acceptors (Lipinski definition) is 3. The van der Waals surface area contributed by atoms with Crippen LogP contribution >= 0.6 is 0 Å². The van der Waals surface area contributed by atoms with Crippen molar-refractivity contribution in [3.8, 4) is 0 Å². The number of hydrogen-bond donors (Lipinski definition) is 1. The fourth-order valence-electron chi connectivity index (χ4n) is 2.61. The highest BCUT2D eigenvalue weighted by Crippen LogP contribution is 2.17. The first kappa shape index (κ1) is 19.2. The molecule has 0 spiro atoms. The first-order valence-electron chi connectivity index (χ1n) is 8.91. The van der Waals surface area contributed by atoms with Gasteiger partial charge in [0.2, 0.25) is 0 Å². The first-order chi connectivity index (χ1) is 10.7. The van der Waals surface area contributed by atoms with Crippen LogP contribution in [0.4, 0.5) is 4.79 Å². The van der Waals surface area contributed by atoms with Crippen LogP contribution in [0, 0.1) is 0 Å².